The van der Waals surface area contributed by atoms with Gasteiger partial charge in [-0.3, -0.25) is 9.59 Å². The number of ketones is 1. The standard InChI is InChI=1S/C17H22N2O6/c1-10(18-16(24)25-17(2,3)4)9-13(20)19-12-8-6-5-7-11(12)14(21)15(22)23/h5-8,10H,9H2,1-4H3,(H,18,24)(H,19,20)(H,22,23). The fraction of sp³-hybridized carbons (Fsp3) is 0.412. The van der Waals surface area contributed by atoms with E-state index in [0.29, 0.717) is 0 Å². The zero-order chi connectivity index (χ0) is 19.2. The molecular weight excluding hydrogens is 328 g/mol. The minimum atomic E-state index is -1.61. The van der Waals surface area contributed by atoms with Crippen LogP contribution in [0, 0.1) is 0 Å². The van der Waals surface area contributed by atoms with Crippen LogP contribution in [0.3, 0.4) is 0 Å². The number of carbonyl (C=O) groups is 4. The van der Waals surface area contributed by atoms with E-state index in [9.17, 15) is 19.2 Å². The van der Waals surface area contributed by atoms with E-state index in [1.165, 1.54) is 18.2 Å². The average Bonchev–Trinajstić information content (AvgIpc) is 2.44. The van der Waals surface area contributed by atoms with Crippen molar-refractivity contribution in [2.75, 3.05) is 5.32 Å². The van der Waals surface area contributed by atoms with E-state index < -0.39 is 35.4 Å². The van der Waals surface area contributed by atoms with E-state index in [2.05, 4.69) is 10.6 Å². The van der Waals surface area contributed by atoms with Crippen molar-refractivity contribution in [2.24, 2.45) is 0 Å². The molecule has 0 bridgehead atoms. The molecule has 1 rings (SSSR count). The lowest BCUT2D eigenvalue weighted by Gasteiger charge is -2.21. The number of anilines is 1. The third-order valence-corrected chi connectivity index (χ3v) is 2.89. The molecule has 136 valence electrons. The van der Waals surface area contributed by atoms with E-state index in [1.54, 1.807) is 33.8 Å². The van der Waals surface area contributed by atoms with Gasteiger partial charge in [-0.05, 0) is 39.8 Å². The molecule has 0 radical (unpaired) electrons. The molecule has 0 aliphatic rings. The summed E-state index contributed by atoms with van der Waals surface area (Å²) >= 11 is 0. The molecule has 0 aliphatic carbocycles. The fourth-order valence-electron chi connectivity index (χ4n) is 1.94. The highest BCUT2D eigenvalue weighted by molar-refractivity contribution is 6.41. The molecule has 0 fully saturated rings. The molecule has 0 aliphatic heterocycles. The first-order valence-electron chi connectivity index (χ1n) is 7.65. The van der Waals surface area contributed by atoms with Gasteiger partial charge in [0.05, 0.1) is 11.3 Å². The van der Waals surface area contributed by atoms with E-state index in [1.807, 2.05) is 0 Å². The molecule has 0 saturated heterocycles. The third kappa shape index (κ3) is 7.03. The first kappa shape index (κ1) is 20.1. The minimum Gasteiger partial charge on any atom is -0.475 e. The molecule has 0 heterocycles. The first-order valence-corrected chi connectivity index (χ1v) is 7.65. The number of rotatable bonds is 6. The Kier molecular flexibility index (Phi) is 6.67. The lowest BCUT2D eigenvalue weighted by molar-refractivity contribution is -0.131. The maximum absolute atomic E-state index is 12.1. The van der Waals surface area contributed by atoms with E-state index in [4.69, 9.17) is 9.84 Å². The highest BCUT2D eigenvalue weighted by atomic mass is 16.6. The summed E-state index contributed by atoms with van der Waals surface area (Å²) in [4.78, 5) is 46.2. The van der Waals surface area contributed by atoms with Crippen LogP contribution in [0.1, 0.15) is 44.5 Å². The number of para-hydroxylation sites is 1. The maximum Gasteiger partial charge on any atom is 0.407 e. The summed E-state index contributed by atoms with van der Waals surface area (Å²) in [5.41, 5.74) is -0.664. The highest BCUT2D eigenvalue weighted by Crippen LogP contribution is 2.16. The van der Waals surface area contributed by atoms with Crippen LogP contribution in [-0.2, 0) is 14.3 Å². The number of carboxylic acid groups (broad SMARTS) is 1. The Balaban J connectivity index is 2.67. The van der Waals surface area contributed by atoms with E-state index >= 15 is 0 Å². The van der Waals surface area contributed by atoms with Gasteiger partial charge >= 0.3 is 12.1 Å². The Hall–Kier alpha value is -2.90. The number of carbonyl (C=O) groups excluding carboxylic acids is 3. The summed E-state index contributed by atoms with van der Waals surface area (Å²) in [5.74, 6) is -3.20. The van der Waals surface area contributed by atoms with Crippen molar-refractivity contribution in [3.63, 3.8) is 0 Å². The second-order valence-electron chi connectivity index (χ2n) is 6.48. The topological polar surface area (TPSA) is 122 Å². The van der Waals surface area contributed by atoms with Crippen molar-refractivity contribution in [1.29, 1.82) is 0 Å². The predicted octanol–water partition coefficient (Wildman–Crippen LogP) is 2.20. The van der Waals surface area contributed by atoms with Crippen LogP contribution in [0.4, 0.5) is 10.5 Å². The summed E-state index contributed by atoms with van der Waals surface area (Å²) in [7, 11) is 0. The van der Waals surface area contributed by atoms with Crippen molar-refractivity contribution in [1.82, 2.24) is 5.32 Å². The number of Topliss-reactive ketones (excluding diaryl/α,β-unsaturated/α-hetero) is 1. The summed E-state index contributed by atoms with van der Waals surface area (Å²) < 4.78 is 5.09. The number of benzene rings is 1. The number of alkyl carbamates (subject to hydrolysis) is 1. The molecule has 8 nitrogen and oxygen atoms in total. The van der Waals surface area contributed by atoms with Gasteiger partial charge < -0.3 is 20.5 Å². The fourth-order valence-corrected chi connectivity index (χ4v) is 1.94. The van der Waals surface area contributed by atoms with Gasteiger partial charge in [0.15, 0.2) is 0 Å². The SMILES string of the molecule is CC(CC(=O)Nc1ccccc1C(=O)C(=O)O)NC(=O)OC(C)(C)C. The Morgan fingerprint density at radius 2 is 1.76 bits per heavy atom. The largest absolute Gasteiger partial charge is 0.475 e. The van der Waals surface area contributed by atoms with Gasteiger partial charge in [-0.25, -0.2) is 9.59 Å². The number of aliphatic carboxylic acids is 1. The molecule has 0 saturated carbocycles. The van der Waals surface area contributed by atoms with Crippen LogP contribution < -0.4 is 10.6 Å². The van der Waals surface area contributed by atoms with Gasteiger partial charge in [0.1, 0.15) is 5.60 Å². The zero-order valence-corrected chi connectivity index (χ0v) is 14.6. The summed E-state index contributed by atoms with van der Waals surface area (Å²) in [6.07, 6.45) is -0.719. The van der Waals surface area contributed by atoms with Crippen LogP contribution >= 0.6 is 0 Å². The smallest absolute Gasteiger partial charge is 0.407 e. The van der Waals surface area contributed by atoms with Crippen molar-refractivity contribution in [3.8, 4) is 0 Å². The normalized spacial score (nSPS) is 12.0. The number of hydrogen-bond acceptors (Lipinski definition) is 5. The maximum atomic E-state index is 12.1. The molecule has 2 amide bonds. The Labute approximate surface area is 145 Å². The molecular formula is C17H22N2O6. The Morgan fingerprint density at radius 3 is 2.32 bits per heavy atom. The number of ether oxygens (including phenoxy) is 1. The van der Waals surface area contributed by atoms with Gasteiger partial charge in [-0.15, -0.1) is 0 Å². The molecule has 8 heteroatoms. The van der Waals surface area contributed by atoms with E-state index in [0.717, 1.165) is 0 Å². The molecule has 0 aromatic heterocycles. The average molecular weight is 350 g/mol. The van der Waals surface area contributed by atoms with Crippen molar-refractivity contribution in [3.05, 3.63) is 29.8 Å². The minimum absolute atomic E-state index is 0.0746. The van der Waals surface area contributed by atoms with Crippen molar-refractivity contribution < 1.29 is 29.0 Å². The van der Waals surface area contributed by atoms with Crippen molar-refractivity contribution in [2.45, 2.75) is 45.8 Å². The predicted molar refractivity (Wildman–Crippen MR) is 90.5 cm³/mol. The Morgan fingerprint density at radius 1 is 1.16 bits per heavy atom. The van der Waals surface area contributed by atoms with Crippen LogP contribution in [0.25, 0.3) is 0 Å². The number of carboxylic acids is 1. The summed E-state index contributed by atoms with van der Waals surface area (Å²) in [6.45, 7) is 6.79. The highest BCUT2D eigenvalue weighted by Gasteiger charge is 2.21. The van der Waals surface area contributed by atoms with Gasteiger partial charge in [-0.1, -0.05) is 12.1 Å². The molecule has 0 spiro atoms. The van der Waals surface area contributed by atoms with Gasteiger partial charge in [0.25, 0.3) is 5.78 Å². The molecule has 1 unspecified atom stereocenters. The van der Waals surface area contributed by atoms with Crippen LogP contribution in [-0.4, -0.2) is 40.5 Å². The van der Waals surface area contributed by atoms with Crippen LogP contribution in [0.15, 0.2) is 24.3 Å². The molecule has 1 aromatic rings. The van der Waals surface area contributed by atoms with Crippen LogP contribution in [0.5, 0.6) is 0 Å². The second-order valence-corrected chi connectivity index (χ2v) is 6.48. The first-order chi connectivity index (χ1) is 11.5. The van der Waals surface area contributed by atoms with E-state index in [-0.39, 0.29) is 17.7 Å². The lowest BCUT2D eigenvalue weighted by atomic mass is 10.1. The molecule has 3 N–H and O–H groups in total. The van der Waals surface area contributed by atoms with Crippen molar-refractivity contribution >= 4 is 29.4 Å². The van der Waals surface area contributed by atoms with Crippen LogP contribution in [0.2, 0.25) is 0 Å². The summed E-state index contributed by atoms with van der Waals surface area (Å²) in [5, 5.41) is 13.8. The monoisotopic (exact) mass is 350 g/mol. The quantitative estimate of drug-likeness (QED) is 0.534. The molecule has 1 atom stereocenters. The third-order valence-electron chi connectivity index (χ3n) is 2.89. The summed E-state index contributed by atoms with van der Waals surface area (Å²) in [6, 6.07) is 5.29. The van der Waals surface area contributed by atoms with Gasteiger partial charge in [0.2, 0.25) is 5.91 Å². The number of hydrogen-bond donors (Lipinski definition) is 3. The number of nitrogens with one attached hydrogen (secondary N) is 2. The van der Waals surface area contributed by atoms with Gasteiger partial charge in [0, 0.05) is 12.5 Å². The lowest BCUT2D eigenvalue weighted by Crippen LogP contribution is -2.39. The molecule has 25 heavy (non-hydrogen) atoms. The van der Waals surface area contributed by atoms with Gasteiger partial charge in [-0.2, -0.15) is 0 Å². The second kappa shape index (κ2) is 8.27. The zero-order valence-electron chi connectivity index (χ0n) is 14.6. The Bertz CT molecular complexity index is 678. The number of amides is 2. The molecule has 1 aromatic carbocycles.